The quantitative estimate of drug-likeness (QED) is 0.215. The van der Waals surface area contributed by atoms with Crippen molar-refractivity contribution in [3.05, 3.63) is 12.2 Å². The summed E-state index contributed by atoms with van der Waals surface area (Å²) in [4.78, 5) is 52.5. The molecule has 4 heterocycles. The van der Waals surface area contributed by atoms with Crippen LogP contribution in [0.3, 0.4) is 0 Å². The molecular weight excluding hydrogens is 650 g/mol. The van der Waals surface area contributed by atoms with Gasteiger partial charge in [0, 0.05) is 37.0 Å². The third-order valence-corrected chi connectivity index (χ3v) is 11.1. The number of hydrogen-bond donors (Lipinski definition) is 2. The van der Waals surface area contributed by atoms with Crippen molar-refractivity contribution in [2.75, 3.05) is 14.1 Å². The standard InChI is InChI=1S/C37H59NO12/c1-10-28-21(4)35-37(7,50-35)15-13-25(40)19(2)17-24(14-16-39)33(20(3)27(42)18-29(43)47-28)49-36-32(44)31(38(8)9)34(23(6)46-36)48-30-12-11-26(41)22(5)45-30/h13,15-16,19-24,27-28,30-36,42,44H,10-12,14,17-18H2,1-9H3. The molecule has 2 N–H and O–H groups in total. The summed E-state index contributed by atoms with van der Waals surface area (Å²) in [5.74, 6) is -2.69. The van der Waals surface area contributed by atoms with E-state index in [1.54, 1.807) is 47.9 Å². The van der Waals surface area contributed by atoms with E-state index in [4.69, 9.17) is 28.4 Å². The minimum absolute atomic E-state index is 0.00295. The van der Waals surface area contributed by atoms with Gasteiger partial charge in [0.2, 0.25) is 0 Å². The Morgan fingerprint density at radius 3 is 2.34 bits per heavy atom. The number of cyclic esters (lactones) is 1. The molecule has 0 spiro atoms. The van der Waals surface area contributed by atoms with Crippen molar-refractivity contribution in [1.82, 2.24) is 4.90 Å². The van der Waals surface area contributed by atoms with E-state index in [0.29, 0.717) is 19.3 Å². The number of aliphatic hydroxyl groups is 2. The van der Waals surface area contributed by atoms with Crippen LogP contribution in [0.4, 0.5) is 0 Å². The topological polar surface area (TPSA) is 171 Å². The second kappa shape index (κ2) is 17.2. The third-order valence-electron chi connectivity index (χ3n) is 11.1. The first-order valence-corrected chi connectivity index (χ1v) is 18.2. The highest BCUT2D eigenvalue weighted by molar-refractivity contribution is 5.91. The van der Waals surface area contributed by atoms with Gasteiger partial charge < -0.3 is 48.3 Å². The molecule has 0 aromatic heterocycles. The minimum Gasteiger partial charge on any atom is -0.462 e. The Labute approximate surface area is 296 Å². The monoisotopic (exact) mass is 709 g/mol. The van der Waals surface area contributed by atoms with Crippen LogP contribution in [0.25, 0.3) is 0 Å². The number of aliphatic hydroxyl groups excluding tert-OH is 2. The summed E-state index contributed by atoms with van der Waals surface area (Å²) in [6.07, 6.45) is -2.63. The average Bonchev–Trinajstić information content (AvgIpc) is 3.74. The van der Waals surface area contributed by atoms with Gasteiger partial charge in [0.05, 0.1) is 36.9 Å². The van der Waals surface area contributed by atoms with Crippen LogP contribution in [0.2, 0.25) is 0 Å². The number of ketones is 2. The molecule has 16 atom stereocenters. The number of nitrogens with zero attached hydrogens (tertiary/aromatic N) is 1. The van der Waals surface area contributed by atoms with Gasteiger partial charge in [-0.3, -0.25) is 14.4 Å². The largest absolute Gasteiger partial charge is 0.462 e. The zero-order valence-corrected chi connectivity index (χ0v) is 31.1. The smallest absolute Gasteiger partial charge is 0.308 e. The maximum Gasteiger partial charge on any atom is 0.308 e. The molecule has 4 aliphatic heterocycles. The van der Waals surface area contributed by atoms with E-state index in [9.17, 15) is 29.4 Å². The Hall–Kier alpha value is -2.10. The predicted octanol–water partition coefficient (Wildman–Crippen LogP) is 2.76. The number of esters is 1. The highest BCUT2D eigenvalue weighted by Crippen LogP contribution is 2.45. The molecule has 0 amide bonds. The lowest BCUT2D eigenvalue weighted by Gasteiger charge is -2.49. The Bertz CT molecular complexity index is 1230. The summed E-state index contributed by atoms with van der Waals surface area (Å²) in [5.41, 5.74) is -0.679. The number of allylic oxidation sites excluding steroid dienone is 1. The molecule has 0 aliphatic carbocycles. The molecule has 3 fully saturated rings. The summed E-state index contributed by atoms with van der Waals surface area (Å²) in [5, 5.41) is 23.2. The maximum absolute atomic E-state index is 13.4. The van der Waals surface area contributed by atoms with E-state index in [2.05, 4.69) is 0 Å². The summed E-state index contributed by atoms with van der Waals surface area (Å²) >= 11 is 0. The lowest BCUT2D eigenvalue weighted by molar-refractivity contribution is -0.327. The number of hydrogen-bond acceptors (Lipinski definition) is 13. The Balaban J connectivity index is 1.61. The van der Waals surface area contributed by atoms with Gasteiger partial charge in [-0.1, -0.05) is 27.7 Å². The van der Waals surface area contributed by atoms with Crippen LogP contribution < -0.4 is 0 Å². The van der Waals surface area contributed by atoms with Gasteiger partial charge in [-0.2, -0.15) is 0 Å². The van der Waals surface area contributed by atoms with E-state index in [-0.39, 0.29) is 42.9 Å². The Morgan fingerprint density at radius 2 is 1.72 bits per heavy atom. The number of rotatable bonds is 8. The van der Waals surface area contributed by atoms with Gasteiger partial charge in [-0.25, -0.2) is 0 Å². The van der Waals surface area contributed by atoms with Crippen molar-refractivity contribution in [2.24, 2.45) is 23.7 Å². The van der Waals surface area contributed by atoms with E-state index in [0.717, 1.165) is 6.29 Å². The van der Waals surface area contributed by atoms with Gasteiger partial charge in [-0.15, -0.1) is 0 Å². The van der Waals surface area contributed by atoms with E-state index in [1.807, 2.05) is 25.7 Å². The second-order valence-corrected chi connectivity index (χ2v) is 15.3. The predicted molar refractivity (Wildman–Crippen MR) is 181 cm³/mol. The molecule has 0 bridgehead atoms. The fourth-order valence-electron chi connectivity index (χ4n) is 7.86. The van der Waals surface area contributed by atoms with Crippen LogP contribution in [0.1, 0.15) is 87.0 Å². The molecular formula is C37H59NO12. The molecule has 13 nitrogen and oxygen atoms in total. The number of aldehydes is 1. The lowest BCUT2D eigenvalue weighted by atomic mass is 9.79. The van der Waals surface area contributed by atoms with Crippen LogP contribution in [-0.2, 0) is 47.6 Å². The number of Topliss-reactive ketones (excluding diaryl/α,β-unsaturated/α-hetero) is 1. The normalized spacial score (nSPS) is 45.2. The van der Waals surface area contributed by atoms with Crippen LogP contribution in [-0.4, -0.2) is 126 Å². The van der Waals surface area contributed by atoms with Gasteiger partial charge in [0.15, 0.2) is 24.1 Å². The summed E-state index contributed by atoms with van der Waals surface area (Å²) in [7, 11) is 3.60. The van der Waals surface area contributed by atoms with Crippen LogP contribution in [0.15, 0.2) is 12.2 Å². The molecule has 50 heavy (non-hydrogen) atoms. The van der Waals surface area contributed by atoms with Gasteiger partial charge >= 0.3 is 5.97 Å². The molecule has 13 heteroatoms. The number of ether oxygens (including phenoxy) is 6. The maximum atomic E-state index is 13.4. The molecule has 0 aromatic rings. The van der Waals surface area contributed by atoms with Crippen LogP contribution >= 0.6 is 0 Å². The van der Waals surface area contributed by atoms with Crippen LogP contribution in [0.5, 0.6) is 0 Å². The third kappa shape index (κ3) is 9.46. The molecule has 284 valence electrons. The minimum atomic E-state index is -1.25. The lowest BCUT2D eigenvalue weighted by Crippen LogP contribution is -2.64. The Kier molecular flexibility index (Phi) is 14.0. The highest BCUT2D eigenvalue weighted by atomic mass is 16.7. The first-order valence-electron chi connectivity index (χ1n) is 18.2. The fraction of sp³-hybridized carbons (Fsp3) is 0.838. The Morgan fingerprint density at radius 1 is 1.02 bits per heavy atom. The van der Waals surface area contributed by atoms with Crippen molar-refractivity contribution in [3.8, 4) is 0 Å². The first-order chi connectivity index (χ1) is 23.5. The van der Waals surface area contributed by atoms with Crippen molar-refractivity contribution >= 4 is 23.8 Å². The summed E-state index contributed by atoms with van der Waals surface area (Å²) in [6.45, 7) is 12.7. The zero-order valence-electron chi connectivity index (χ0n) is 31.1. The fourth-order valence-corrected chi connectivity index (χ4v) is 7.86. The molecule has 0 aromatic carbocycles. The highest BCUT2D eigenvalue weighted by Gasteiger charge is 2.55. The van der Waals surface area contributed by atoms with Gasteiger partial charge in [-0.05, 0) is 65.8 Å². The number of fused-ring (bicyclic) bond motifs is 1. The number of carbonyl (C=O) groups is 4. The molecule has 0 saturated carbocycles. The molecule has 3 saturated heterocycles. The summed E-state index contributed by atoms with van der Waals surface area (Å²) < 4.78 is 36.8. The van der Waals surface area contributed by atoms with Crippen molar-refractivity contribution < 1.29 is 57.8 Å². The zero-order chi connectivity index (χ0) is 37.1. The van der Waals surface area contributed by atoms with Crippen molar-refractivity contribution in [3.63, 3.8) is 0 Å². The van der Waals surface area contributed by atoms with E-state index in [1.165, 1.54) is 6.08 Å². The van der Waals surface area contributed by atoms with Crippen molar-refractivity contribution in [1.29, 1.82) is 0 Å². The average molecular weight is 710 g/mol. The van der Waals surface area contributed by atoms with Gasteiger partial charge in [0.1, 0.15) is 36.3 Å². The molecule has 0 radical (unpaired) electrons. The van der Waals surface area contributed by atoms with E-state index >= 15 is 0 Å². The SMILES string of the molecule is CCC1OC(=O)CC(O)C(C)C(OC2OC(C)C(OC3CCC(=O)C(C)O3)C(N(C)C)C2O)C(CC=O)CC(C)C(=O)C=CC2(C)OC2C1C. The van der Waals surface area contributed by atoms with E-state index < -0.39 is 90.7 Å². The molecule has 16 unspecified atom stereocenters. The van der Waals surface area contributed by atoms with Crippen LogP contribution in [0, 0.1) is 23.7 Å². The number of likely N-dealkylation sites (N-methyl/N-ethyl adjacent to an activating group) is 1. The number of epoxide rings is 1. The molecule has 4 rings (SSSR count). The second-order valence-electron chi connectivity index (χ2n) is 15.3. The number of carbonyl (C=O) groups excluding carboxylic acids is 4. The first kappa shape index (κ1) is 40.7. The van der Waals surface area contributed by atoms with Gasteiger partial charge in [0.25, 0.3) is 0 Å². The van der Waals surface area contributed by atoms with Crippen molar-refractivity contribution in [2.45, 2.75) is 160 Å². The molecule has 4 aliphatic rings. The summed E-state index contributed by atoms with van der Waals surface area (Å²) in [6, 6.07) is -0.625.